The van der Waals surface area contributed by atoms with E-state index in [2.05, 4.69) is 27.6 Å². The fourth-order valence-corrected chi connectivity index (χ4v) is 3.19. The fraction of sp³-hybridized carbons (Fsp3) is 0.211. The van der Waals surface area contributed by atoms with Gasteiger partial charge in [0, 0.05) is 12.1 Å². The third kappa shape index (κ3) is 4.86. The highest BCUT2D eigenvalue weighted by Gasteiger charge is 2.13. The van der Waals surface area contributed by atoms with Crippen LogP contribution in [0.2, 0.25) is 0 Å². The standard InChI is InChI=1S/C19H21N5OS/c20-24-18(16-11-5-2-6-12-16)22-23-19(24)26-14-17(25)21-13-7-10-15-8-3-1-4-9-15/h1-6,8-9,11-12H,7,10,13-14,20H2,(H,21,25). The maximum absolute atomic E-state index is 12.0. The van der Waals surface area contributed by atoms with Gasteiger partial charge in [0.15, 0.2) is 5.82 Å². The Morgan fingerprint density at radius 3 is 2.46 bits per heavy atom. The topological polar surface area (TPSA) is 85.8 Å². The van der Waals surface area contributed by atoms with Crippen LogP contribution in [-0.4, -0.2) is 33.1 Å². The number of benzene rings is 2. The van der Waals surface area contributed by atoms with Gasteiger partial charge in [0.1, 0.15) is 0 Å². The quantitative estimate of drug-likeness (QED) is 0.363. The molecule has 0 aliphatic heterocycles. The molecule has 0 spiro atoms. The molecule has 2 aromatic carbocycles. The minimum atomic E-state index is -0.0349. The second kappa shape index (κ2) is 9.05. The normalized spacial score (nSPS) is 10.6. The van der Waals surface area contributed by atoms with Crippen molar-refractivity contribution in [1.29, 1.82) is 0 Å². The molecule has 0 aliphatic rings. The van der Waals surface area contributed by atoms with Crippen LogP contribution in [0.25, 0.3) is 11.4 Å². The van der Waals surface area contributed by atoms with Crippen molar-refractivity contribution in [2.45, 2.75) is 18.0 Å². The van der Waals surface area contributed by atoms with Gasteiger partial charge in [-0.1, -0.05) is 72.4 Å². The molecule has 3 aromatic rings. The summed E-state index contributed by atoms with van der Waals surface area (Å²) in [4.78, 5) is 12.0. The molecule has 0 unspecified atom stereocenters. The molecule has 26 heavy (non-hydrogen) atoms. The van der Waals surface area contributed by atoms with E-state index in [1.807, 2.05) is 48.5 Å². The number of nitrogens with zero attached hydrogens (tertiary/aromatic N) is 3. The van der Waals surface area contributed by atoms with E-state index in [1.54, 1.807) is 0 Å². The molecule has 3 N–H and O–H groups in total. The van der Waals surface area contributed by atoms with Crippen molar-refractivity contribution >= 4 is 17.7 Å². The first-order valence-corrected chi connectivity index (χ1v) is 9.42. The van der Waals surface area contributed by atoms with Crippen molar-refractivity contribution in [2.24, 2.45) is 0 Å². The Hall–Kier alpha value is -2.80. The van der Waals surface area contributed by atoms with Crippen LogP contribution in [-0.2, 0) is 11.2 Å². The molecule has 3 rings (SSSR count). The van der Waals surface area contributed by atoms with Crippen LogP contribution in [0.15, 0.2) is 65.8 Å². The van der Waals surface area contributed by atoms with E-state index < -0.39 is 0 Å². The van der Waals surface area contributed by atoms with E-state index >= 15 is 0 Å². The van der Waals surface area contributed by atoms with Gasteiger partial charge >= 0.3 is 0 Å². The summed E-state index contributed by atoms with van der Waals surface area (Å²) < 4.78 is 1.42. The molecule has 0 saturated carbocycles. The zero-order valence-electron chi connectivity index (χ0n) is 14.3. The van der Waals surface area contributed by atoms with Crippen LogP contribution in [0.5, 0.6) is 0 Å². The first-order valence-electron chi connectivity index (χ1n) is 8.43. The van der Waals surface area contributed by atoms with Gasteiger partial charge in [-0.3, -0.25) is 4.79 Å². The summed E-state index contributed by atoms with van der Waals surface area (Å²) in [5, 5.41) is 11.6. The Kier molecular flexibility index (Phi) is 6.27. The lowest BCUT2D eigenvalue weighted by molar-refractivity contribution is -0.118. The molecule has 1 heterocycles. The summed E-state index contributed by atoms with van der Waals surface area (Å²) in [5.74, 6) is 6.85. The maximum atomic E-state index is 12.0. The molecular weight excluding hydrogens is 346 g/mol. The number of amides is 1. The van der Waals surface area contributed by atoms with Gasteiger partial charge in [0.25, 0.3) is 0 Å². The molecule has 0 fully saturated rings. The number of thioether (sulfide) groups is 1. The van der Waals surface area contributed by atoms with E-state index in [9.17, 15) is 4.79 Å². The first kappa shape index (κ1) is 18.0. The lowest BCUT2D eigenvalue weighted by Gasteiger charge is -2.06. The highest BCUT2D eigenvalue weighted by molar-refractivity contribution is 7.99. The average molecular weight is 367 g/mol. The number of nitrogens with two attached hydrogens (primary N) is 1. The maximum Gasteiger partial charge on any atom is 0.230 e. The van der Waals surface area contributed by atoms with E-state index in [4.69, 9.17) is 5.84 Å². The van der Waals surface area contributed by atoms with Crippen LogP contribution >= 0.6 is 11.8 Å². The highest BCUT2D eigenvalue weighted by Crippen LogP contribution is 2.20. The Morgan fingerprint density at radius 1 is 1.04 bits per heavy atom. The Bertz CT molecular complexity index is 836. The molecule has 134 valence electrons. The molecule has 0 aliphatic carbocycles. The first-order chi connectivity index (χ1) is 12.7. The summed E-state index contributed by atoms with van der Waals surface area (Å²) in [6.07, 6.45) is 1.86. The van der Waals surface area contributed by atoms with Gasteiger partial charge < -0.3 is 11.2 Å². The molecule has 1 amide bonds. The molecule has 1 aromatic heterocycles. The second-order valence-electron chi connectivity index (χ2n) is 5.77. The molecule has 0 bridgehead atoms. The number of hydrogen-bond donors (Lipinski definition) is 2. The van der Waals surface area contributed by atoms with E-state index in [-0.39, 0.29) is 11.7 Å². The van der Waals surface area contributed by atoms with Crippen molar-refractivity contribution in [3.05, 3.63) is 66.2 Å². The fourth-order valence-electron chi connectivity index (χ4n) is 2.51. The van der Waals surface area contributed by atoms with Gasteiger partial charge in [0.2, 0.25) is 11.1 Å². The molecule has 7 heteroatoms. The van der Waals surface area contributed by atoms with E-state index in [1.165, 1.54) is 22.0 Å². The van der Waals surface area contributed by atoms with Crippen molar-refractivity contribution in [1.82, 2.24) is 20.2 Å². The number of carbonyl (C=O) groups excluding carboxylic acids is 1. The summed E-state index contributed by atoms with van der Waals surface area (Å²) >= 11 is 1.28. The number of hydrogen-bond acceptors (Lipinski definition) is 5. The summed E-state index contributed by atoms with van der Waals surface area (Å²) in [6, 6.07) is 19.8. The van der Waals surface area contributed by atoms with E-state index in [0.717, 1.165) is 18.4 Å². The van der Waals surface area contributed by atoms with Crippen LogP contribution in [0.1, 0.15) is 12.0 Å². The molecule has 6 nitrogen and oxygen atoms in total. The van der Waals surface area contributed by atoms with Crippen LogP contribution in [0, 0.1) is 0 Å². The second-order valence-corrected chi connectivity index (χ2v) is 6.71. The number of nitrogen functional groups attached to an aromatic ring is 1. The number of rotatable bonds is 8. The monoisotopic (exact) mass is 367 g/mol. The van der Waals surface area contributed by atoms with Gasteiger partial charge in [0.05, 0.1) is 5.75 Å². The zero-order valence-corrected chi connectivity index (χ0v) is 15.2. The summed E-state index contributed by atoms with van der Waals surface area (Å²) in [5.41, 5.74) is 2.17. The van der Waals surface area contributed by atoms with Crippen molar-refractivity contribution in [3.63, 3.8) is 0 Å². The zero-order chi connectivity index (χ0) is 18.2. The SMILES string of the molecule is Nn1c(SCC(=O)NCCCc2ccccc2)nnc1-c1ccccc1. The van der Waals surface area contributed by atoms with Crippen molar-refractivity contribution < 1.29 is 4.79 Å². The third-order valence-corrected chi connectivity index (χ3v) is 4.78. The largest absolute Gasteiger partial charge is 0.355 e. The smallest absolute Gasteiger partial charge is 0.230 e. The Morgan fingerprint density at radius 2 is 1.73 bits per heavy atom. The van der Waals surface area contributed by atoms with Crippen LogP contribution in [0.3, 0.4) is 0 Å². The number of nitrogens with one attached hydrogen (secondary N) is 1. The predicted octanol–water partition coefficient (Wildman–Crippen LogP) is 2.50. The average Bonchev–Trinajstić information content (AvgIpc) is 3.05. The molecule has 0 atom stereocenters. The minimum absolute atomic E-state index is 0.0349. The van der Waals surface area contributed by atoms with Crippen LogP contribution < -0.4 is 11.2 Å². The van der Waals surface area contributed by atoms with Crippen molar-refractivity contribution in [2.75, 3.05) is 18.1 Å². The number of carbonyl (C=O) groups is 1. The van der Waals surface area contributed by atoms with Crippen LogP contribution in [0.4, 0.5) is 0 Å². The third-order valence-electron chi connectivity index (χ3n) is 3.84. The summed E-state index contributed by atoms with van der Waals surface area (Å²) in [7, 11) is 0. The Labute approximate surface area is 156 Å². The molecule has 0 saturated heterocycles. The molecule has 0 radical (unpaired) electrons. The van der Waals surface area contributed by atoms with Gasteiger partial charge in [-0.2, -0.15) is 0 Å². The van der Waals surface area contributed by atoms with Crippen molar-refractivity contribution in [3.8, 4) is 11.4 Å². The van der Waals surface area contributed by atoms with Gasteiger partial charge in [-0.15, -0.1) is 10.2 Å². The minimum Gasteiger partial charge on any atom is -0.355 e. The Balaban J connectivity index is 1.43. The predicted molar refractivity (Wildman–Crippen MR) is 104 cm³/mol. The lowest BCUT2D eigenvalue weighted by atomic mass is 10.1. The van der Waals surface area contributed by atoms with E-state index in [0.29, 0.717) is 17.5 Å². The lowest BCUT2D eigenvalue weighted by Crippen LogP contribution is -2.26. The van der Waals surface area contributed by atoms with Gasteiger partial charge in [-0.05, 0) is 18.4 Å². The summed E-state index contributed by atoms with van der Waals surface area (Å²) in [6.45, 7) is 0.652. The highest BCUT2D eigenvalue weighted by atomic mass is 32.2. The molecular formula is C19H21N5OS. The number of aromatic nitrogens is 3. The number of aryl methyl sites for hydroxylation is 1. The van der Waals surface area contributed by atoms with Gasteiger partial charge in [-0.25, -0.2) is 4.68 Å².